The fraction of sp³-hybridized carbons (Fsp3) is 0.273. The Balaban J connectivity index is 1.63. The number of hydrogen-bond acceptors (Lipinski definition) is 4. The van der Waals surface area contributed by atoms with Gasteiger partial charge < -0.3 is 20.1 Å². The Hall–Kier alpha value is -3.28. The third kappa shape index (κ3) is 4.71. The van der Waals surface area contributed by atoms with Crippen LogP contribution in [-0.2, 0) is 6.42 Å². The molecule has 1 aromatic heterocycles. The monoisotopic (exact) mass is 378 g/mol. The number of nitrogens with one attached hydrogen (secondary N) is 2. The molecule has 0 spiro atoms. The zero-order valence-electron chi connectivity index (χ0n) is 16.5. The number of aromatic nitrogens is 1. The number of benzene rings is 2. The van der Waals surface area contributed by atoms with Crippen LogP contribution in [0.25, 0.3) is 10.9 Å². The molecule has 0 aliphatic heterocycles. The topological polar surface area (TPSA) is 67.8 Å². The molecule has 0 amide bonds. The lowest BCUT2D eigenvalue weighted by atomic mass is 10.1. The molecule has 28 heavy (non-hydrogen) atoms. The van der Waals surface area contributed by atoms with E-state index in [4.69, 9.17) is 9.47 Å². The number of guanidine groups is 1. The highest BCUT2D eigenvalue weighted by Crippen LogP contribution is 2.30. The molecule has 6 heteroatoms. The lowest BCUT2D eigenvalue weighted by Crippen LogP contribution is -2.32. The minimum Gasteiger partial charge on any atom is -0.493 e. The van der Waals surface area contributed by atoms with Crippen LogP contribution in [0.15, 0.2) is 59.7 Å². The average molecular weight is 378 g/mol. The molecule has 0 saturated carbocycles. The van der Waals surface area contributed by atoms with Crippen molar-refractivity contribution in [2.45, 2.75) is 13.3 Å². The summed E-state index contributed by atoms with van der Waals surface area (Å²) >= 11 is 0. The van der Waals surface area contributed by atoms with E-state index in [9.17, 15) is 0 Å². The van der Waals surface area contributed by atoms with E-state index in [0.29, 0.717) is 24.1 Å². The van der Waals surface area contributed by atoms with Crippen LogP contribution in [0.4, 0.5) is 5.69 Å². The Morgan fingerprint density at radius 2 is 1.96 bits per heavy atom. The number of fused-ring (bicyclic) bond motifs is 1. The summed E-state index contributed by atoms with van der Waals surface area (Å²) in [6, 6.07) is 16.0. The van der Waals surface area contributed by atoms with Crippen LogP contribution >= 0.6 is 0 Å². The number of methoxy groups -OCH3 is 1. The van der Waals surface area contributed by atoms with Crippen molar-refractivity contribution in [2.75, 3.05) is 32.6 Å². The normalized spacial score (nSPS) is 11.3. The molecule has 0 aliphatic rings. The fourth-order valence-electron chi connectivity index (χ4n) is 3.02. The fourth-order valence-corrected chi connectivity index (χ4v) is 3.02. The van der Waals surface area contributed by atoms with Crippen molar-refractivity contribution < 1.29 is 9.47 Å². The number of rotatable bonds is 7. The second-order valence-electron chi connectivity index (χ2n) is 6.16. The van der Waals surface area contributed by atoms with Crippen molar-refractivity contribution in [1.29, 1.82) is 0 Å². The quantitative estimate of drug-likeness (QED) is 0.482. The van der Waals surface area contributed by atoms with Crippen LogP contribution in [0.2, 0.25) is 0 Å². The number of hydrogen-bond donors (Lipinski definition) is 2. The Kier molecular flexibility index (Phi) is 6.68. The predicted molar refractivity (Wildman–Crippen MR) is 115 cm³/mol. The van der Waals surface area contributed by atoms with E-state index in [1.54, 1.807) is 14.2 Å². The molecule has 2 aromatic carbocycles. The second-order valence-corrected chi connectivity index (χ2v) is 6.16. The third-order valence-corrected chi connectivity index (χ3v) is 4.35. The van der Waals surface area contributed by atoms with Crippen molar-refractivity contribution in [3.05, 3.63) is 60.3 Å². The SMILES string of the molecule is CCOc1cc(NC(=NC)NCCc2cccc3cccnc23)ccc1OC. The number of aliphatic imine (C=N–C) groups is 1. The van der Waals surface area contributed by atoms with Crippen molar-refractivity contribution in [1.82, 2.24) is 10.3 Å². The number of nitrogens with zero attached hydrogens (tertiary/aromatic N) is 2. The van der Waals surface area contributed by atoms with Gasteiger partial charge in [0.2, 0.25) is 0 Å². The Morgan fingerprint density at radius 3 is 2.75 bits per heavy atom. The molecule has 0 aliphatic carbocycles. The third-order valence-electron chi connectivity index (χ3n) is 4.35. The summed E-state index contributed by atoms with van der Waals surface area (Å²) in [6.07, 6.45) is 2.68. The number of anilines is 1. The van der Waals surface area contributed by atoms with Crippen LogP contribution in [0.5, 0.6) is 11.5 Å². The molecule has 0 saturated heterocycles. The van der Waals surface area contributed by atoms with Crippen LogP contribution in [0, 0.1) is 0 Å². The molecule has 6 nitrogen and oxygen atoms in total. The minimum absolute atomic E-state index is 0.575. The van der Waals surface area contributed by atoms with Crippen LogP contribution < -0.4 is 20.1 Å². The van der Waals surface area contributed by atoms with E-state index >= 15 is 0 Å². The van der Waals surface area contributed by atoms with Crippen LogP contribution in [0.3, 0.4) is 0 Å². The summed E-state index contributed by atoms with van der Waals surface area (Å²) in [4.78, 5) is 8.81. The Bertz CT molecular complexity index is 951. The van der Waals surface area contributed by atoms with E-state index in [2.05, 4.69) is 44.9 Å². The zero-order chi connectivity index (χ0) is 19.8. The number of pyridine rings is 1. The smallest absolute Gasteiger partial charge is 0.195 e. The van der Waals surface area contributed by atoms with Gasteiger partial charge in [-0.1, -0.05) is 24.3 Å². The maximum absolute atomic E-state index is 5.63. The first-order valence-electron chi connectivity index (χ1n) is 9.36. The summed E-state index contributed by atoms with van der Waals surface area (Å²) in [5, 5.41) is 7.80. The van der Waals surface area contributed by atoms with Crippen LogP contribution in [-0.4, -0.2) is 38.3 Å². The summed E-state index contributed by atoms with van der Waals surface area (Å²) in [5.74, 6) is 2.10. The molecule has 0 bridgehead atoms. The predicted octanol–water partition coefficient (Wildman–Crippen LogP) is 3.87. The van der Waals surface area contributed by atoms with Gasteiger partial charge in [-0.15, -0.1) is 0 Å². The molecule has 2 N–H and O–H groups in total. The van der Waals surface area contributed by atoms with E-state index in [1.165, 1.54) is 5.56 Å². The van der Waals surface area contributed by atoms with Gasteiger partial charge in [0.25, 0.3) is 0 Å². The largest absolute Gasteiger partial charge is 0.493 e. The maximum Gasteiger partial charge on any atom is 0.195 e. The lowest BCUT2D eigenvalue weighted by molar-refractivity contribution is 0.311. The molecule has 1 heterocycles. The molecule has 0 unspecified atom stereocenters. The van der Waals surface area contributed by atoms with E-state index in [-0.39, 0.29) is 0 Å². The number of para-hydroxylation sites is 1. The highest BCUT2D eigenvalue weighted by molar-refractivity contribution is 5.94. The minimum atomic E-state index is 0.575. The van der Waals surface area contributed by atoms with Gasteiger partial charge in [-0.25, -0.2) is 0 Å². The van der Waals surface area contributed by atoms with E-state index < -0.39 is 0 Å². The van der Waals surface area contributed by atoms with E-state index in [1.807, 2.05) is 37.4 Å². The molecule has 0 atom stereocenters. The summed E-state index contributed by atoms with van der Waals surface area (Å²) in [6.45, 7) is 3.26. The average Bonchev–Trinajstić information content (AvgIpc) is 2.73. The highest BCUT2D eigenvalue weighted by Gasteiger charge is 2.07. The summed E-state index contributed by atoms with van der Waals surface area (Å²) in [5.41, 5.74) is 3.14. The van der Waals surface area contributed by atoms with Gasteiger partial charge in [-0.05, 0) is 37.1 Å². The van der Waals surface area contributed by atoms with Crippen LogP contribution in [0.1, 0.15) is 12.5 Å². The van der Waals surface area contributed by atoms with Gasteiger partial charge in [0.05, 0.1) is 19.2 Å². The van der Waals surface area contributed by atoms with Gasteiger partial charge in [-0.3, -0.25) is 9.98 Å². The number of ether oxygens (including phenoxy) is 2. The zero-order valence-corrected chi connectivity index (χ0v) is 16.5. The molecule has 0 radical (unpaired) electrons. The van der Waals surface area contributed by atoms with Crippen molar-refractivity contribution in [3.8, 4) is 11.5 Å². The highest BCUT2D eigenvalue weighted by atomic mass is 16.5. The van der Waals surface area contributed by atoms with Crippen molar-refractivity contribution in [3.63, 3.8) is 0 Å². The standard InChI is InChI=1S/C22H26N4O2/c1-4-28-20-15-18(10-11-19(20)27-3)26-22(23-2)25-14-12-17-8-5-7-16-9-6-13-24-21(16)17/h5-11,13,15H,4,12,14H2,1-3H3,(H2,23,25,26). The second kappa shape index (κ2) is 9.60. The maximum atomic E-state index is 5.63. The summed E-state index contributed by atoms with van der Waals surface area (Å²) < 4.78 is 11.0. The first kappa shape index (κ1) is 19.5. The first-order valence-corrected chi connectivity index (χ1v) is 9.36. The Morgan fingerprint density at radius 1 is 1.11 bits per heavy atom. The molecular weight excluding hydrogens is 352 g/mol. The van der Waals surface area contributed by atoms with Gasteiger partial charge in [0.15, 0.2) is 17.5 Å². The first-order chi connectivity index (χ1) is 13.7. The van der Waals surface area contributed by atoms with Gasteiger partial charge in [0, 0.05) is 36.9 Å². The Labute approximate surface area is 165 Å². The van der Waals surface area contributed by atoms with Gasteiger partial charge >= 0.3 is 0 Å². The van der Waals surface area contributed by atoms with E-state index in [0.717, 1.165) is 29.6 Å². The summed E-state index contributed by atoms with van der Waals surface area (Å²) in [7, 11) is 3.38. The molecule has 3 rings (SSSR count). The van der Waals surface area contributed by atoms with Gasteiger partial charge in [0.1, 0.15) is 0 Å². The van der Waals surface area contributed by atoms with Crippen molar-refractivity contribution >= 4 is 22.5 Å². The van der Waals surface area contributed by atoms with Crippen molar-refractivity contribution in [2.24, 2.45) is 4.99 Å². The molecular formula is C22H26N4O2. The van der Waals surface area contributed by atoms with Gasteiger partial charge in [-0.2, -0.15) is 0 Å². The molecule has 3 aromatic rings. The molecule has 0 fully saturated rings. The molecule has 146 valence electrons. The lowest BCUT2D eigenvalue weighted by Gasteiger charge is -2.15.